The van der Waals surface area contributed by atoms with E-state index in [-0.39, 0.29) is 10.6 Å². The molecule has 9 heteroatoms. The fraction of sp³-hybridized carbons (Fsp3) is 0.208. The first-order valence-corrected chi connectivity index (χ1v) is 11.9. The van der Waals surface area contributed by atoms with Gasteiger partial charge in [0, 0.05) is 44.9 Å². The lowest BCUT2D eigenvalue weighted by atomic mass is 9.99. The molecule has 0 radical (unpaired) electrons. The van der Waals surface area contributed by atoms with E-state index in [1.54, 1.807) is 6.07 Å². The third-order valence-corrected chi connectivity index (χ3v) is 7.61. The molecule has 0 bridgehead atoms. The van der Waals surface area contributed by atoms with Crippen LogP contribution in [-0.2, 0) is 16.6 Å². The Morgan fingerprint density at radius 1 is 0.939 bits per heavy atom. The average molecular weight is 463 g/mol. The van der Waals surface area contributed by atoms with Crippen LogP contribution in [0.25, 0.3) is 11.1 Å². The second-order valence-electron chi connectivity index (χ2n) is 7.79. The number of benzene rings is 3. The lowest BCUT2D eigenvalue weighted by molar-refractivity contribution is -0.385. The van der Waals surface area contributed by atoms with Crippen molar-refractivity contribution in [3.63, 3.8) is 0 Å². The second-order valence-corrected chi connectivity index (χ2v) is 9.73. The molecular formula is C24H22N4O4S. The number of sulfonamides is 1. The van der Waals surface area contributed by atoms with Gasteiger partial charge in [0.15, 0.2) is 0 Å². The van der Waals surface area contributed by atoms with Gasteiger partial charge in [-0.1, -0.05) is 48.5 Å². The zero-order valence-electron chi connectivity index (χ0n) is 17.8. The summed E-state index contributed by atoms with van der Waals surface area (Å²) in [4.78, 5) is 12.5. The maximum Gasteiger partial charge on any atom is 0.270 e. The van der Waals surface area contributed by atoms with Crippen molar-refractivity contribution in [3.05, 3.63) is 94.0 Å². The van der Waals surface area contributed by atoms with E-state index in [1.807, 2.05) is 42.5 Å². The Hall–Kier alpha value is -3.58. The van der Waals surface area contributed by atoms with Crippen molar-refractivity contribution >= 4 is 15.7 Å². The minimum atomic E-state index is -3.78. The number of nitriles is 1. The van der Waals surface area contributed by atoms with Crippen molar-refractivity contribution in [2.24, 2.45) is 0 Å². The molecule has 0 unspecified atom stereocenters. The first-order chi connectivity index (χ1) is 15.9. The zero-order chi connectivity index (χ0) is 23.4. The van der Waals surface area contributed by atoms with Crippen molar-refractivity contribution in [2.75, 3.05) is 26.2 Å². The summed E-state index contributed by atoms with van der Waals surface area (Å²) >= 11 is 0. The van der Waals surface area contributed by atoms with Crippen LogP contribution in [-0.4, -0.2) is 48.7 Å². The highest BCUT2D eigenvalue weighted by molar-refractivity contribution is 7.89. The van der Waals surface area contributed by atoms with Crippen LogP contribution < -0.4 is 0 Å². The Labute approximate surface area is 192 Å². The van der Waals surface area contributed by atoms with Gasteiger partial charge in [-0.05, 0) is 28.8 Å². The maximum atomic E-state index is 12.9. The molecule has 8 nitrogen and oxygen atoms in total. The molecule has 0 saturated carbocycles. The number of nitro groups is 1. The van der Waals surface area contributed by atoms with Crippen molar-refractivity contribution in [1.29, 1.82) is 5.26 Å². The van der Waals surface area contributed by atoms with Gasteiger partial charge in [-0.2, -0.15) is 9.57 Å². The molecule has 3 aromatic carbocycles. The van der Waals surface area contributed by atoms with Gasteiger partial charge in [0.2, 0.25) is 10.0 Å². The van der Waals surface area contributed by atoms with Gasteiger partial charge in [-0.25, -0.2) is 8.42 Å². The van der Waals surface area contributed by atoms with Gasteiger partial charge in [0.1, 0.15) is 0 Å². The van der Waals surface area contributed by atoms with Gasteiger partial charge in [0.05, 0.1) is 21.5 Å². The monoisotopic (exact) mass is 462 g/mol. The van der Waals surface area contributed by atoms with E-state index in [9.17, 15) is 23.8 Å². The molecule has 0 spiro atoms. The highest BCUT2D eigenvalue weighted by Crippen LogP contribution is 2.25. The Morgan fingerprint density at radius 2 is 1.64 bits per heavy atom. The molecule has 1 fully saturated rings. The number of hydrogen-bond acceptors (Lipinski definition) is 6. The summed E-state index contributed by atoms with van der Waals surface area (Å²) in [7, 11) is -3.78. The number of non-ortho nitro benzene ring substituents is 1. The quantitative estimate of drug-likeness (QED) is 0.409. The Balaban J connectivity index is 1.39. The standard InChI is InChI=1S/C24H22N4O4S/c25-17-21-4-1-2-7-24(21)20-10-8-19(9-11-20)18-26-12-14-27(15-13-26)33(31,32)23-6-3-5-22(16-23)28(29)30/h1-11,16H,12-15,18H2. The summed E-state index contributed by atoms with van der Waals surface area (Å²) in [5.74, 6) is 0. The molecule has 1 aliphatic heterocycles. The number of piperazine rings is 1. The Kier molecular flexibility index (Phi) is 6.51. The topological polar surface area (TPSA) is 108 Å². The molecule has 0 amide bonds. The van der Waals surface area contributed by atoms with Crippen LogP contribution in [0.1, 0.15) is 11.1 Å². The van der Waals surface area contributed by atoms with Crippen LogP contribution >= 0.6 is 0 Å². The van der Waals surface area contributed by atoms with Gasteiger partial charge in [-0.15, -0.1) is 0 Å². The Morgan fingerprint density at radius 3 is 2.30 bits per heavy atom. The number of nitrogens with zero attached hydrogens (tertiary/aromatic N) is 4. The van der Waals surface area contributed by atoms with Crippen LogP contribution in [0.3, 0.4) is 0 Å². The van der Waals surface area contributed by atoms with E-state index in [0.29, 0.717) is 38.3 Å². The summed E-state index contributed by atoms with van der Waals surface area (Å²) < 4.78 is 27.2. The number of nitro benzene ring substituents is 1. The van der Waals surface area contributed by atoms with Gasteiger partial charge < -0.3 is 0 Å². The van der Waals surface area contributed by atoms with Crippen LogP contribution in [0.2, 0.25) is 0 Å². The Bertz CT molecular complexity index is 1310. The lowest BCUT2D eigenvalue weighted by Gasteiger charge is -2.34. The minimum absolute atomic E-state index is 0.0570. The van der Waals surface area contributed by atoms with E-state index in [4.69, 9.17) is 0 Å². The molecule has 4 rings (SSSR count). The fourth-order valence-corrected chi connectivity index (χ4v) is 5.38. The number of hydrogen-bond donors (Lipinski definition) is 0. The number of rotatable bonds is 6. The summed E-state index contributed by atoms with van der Waals surface area (Å²) in [6.45, 7) is 2.45. The van der Waals surface area contributed by atoms with Crippen LogP contribution in [0.5, 0.6) is 0 Å². The van der Waals surface area contributed by atoms with Crippen LogP contribution in [0.4, 0.5) is 5.69 Å². The van der Waals surface area contributed by atoms with Gasteiger partial charge >= 0.3 is 0 Å². The molecule has 1 heterocycles. The molecule has 1 aliphatic rings. The highest BCUT2D eigenvalue weighted by atomic mass is 32.2. The zero-order valence-corrected chi connectivity index (χ0v) is 18.6. The molecule has 0 aromatic heterocycles. The maximum absolute atomic E-state index is 12.9. The van der Waals surface area contributed by atoms with Crippen LogP contribution in [0.15, 0.2) is 77.7 Å². The predicted molar refractivity (Wildman–Crippen MR) is 124 cm³/mol. The molecule has 0 aliphatic carbocycles. The van der Waals surface area contributed by atoms with E-state index >= 15 is 0 Å². The van der Waals surface area contributed by atoms with Gasteiger partial charge in [0.25, 0.3) is 5.69 Å². The lowest BCUT2D eigenvalue weighted by Crippen LogP contribution is -2.48. The molecule has 1 saturated heterocycles. The molecule has 168 valence electrons. The van der Waals surface area contributed by atoms with Crippen molar-refractivity contribution < 1.29 is 13.3 Å². The highest BCUT2D eigenvalue weighted by Gasteiger charge is 2.29. The van der Waals surface area contributed by atoms with Crippen molar-refractivity contribution in [3.8, 4) is 17.2 Å². The smallest absolute Gasteiger partial charge is 0.270 e. The summed E-state index contributed by atoms with van der Waals surface area (Å²) in [6, 6.07) is 22.9. The first kappa shape index (κ1) is 22.6. The summed E-state index contributed by atoms with van der Waals surface area (Å²) in [6.07, 6.45) is 0. The third-order valence-electron chi connectivity index (χ3n) is 5.72. The van der Waals surface area contributed by atoms with E-state index < -0.39 is 14.9 Å². The first-order valence-electron chi connectivity index (χ1n) is 10.4. The average Bonchev–Trinajstić information content (AvgIpc) is 2.85. The second kappa shape index (κ2) is 9.50. The fourth-order valence-electron chi connectivity index (χ4n) is 3.91. The van der Waals surface area contributed by atoms with Crippen LogP contribution in [0, 0.1) is 21.4 Å². The van der Waals surface area contributed by atoms with E-state index in [0.717, 1.165) is 22.8 Å². The molecule has 3 aromatic rings. The SMILES string of the molecule is N#Cc1ccccc1-c1ccc(CN2CCN(S(=O)(=O)c3cccc([N+](=O)[O-])c3)CC2)cc1. The summed E-state index contributed by atoms with van der Waals surface area (Å²) in [5, 5.41) is 20.3. The normalized spacial score (nSPS) is 15.1. The molecule has 0 atom stereocenters. The van der Waals surface area contributed by atoms with Crippen molar-refractivity contribution in [1.82, 2.24) is 9.21 Å². The van der Waals surface area contributed by atoms with E-state index in [2.05, 4.69) is 11.0 Å². The minimum Gasteiger partial charge on any atom is -0.296 e. The third kappa shape index (κ3) is 4.93. The van der Waals surface area contributed by atoms with Gasteiger partial charge in [-0.3, -0.25) is 15.0 Å². The van der Waals surface area contributed by atoms with E-state index in [1.165, 1.54) is 22.5 Å². The largest absolute Gasteiger partial charge is 0.296 e. The molecule has 0 N–H and O–H groups in total. The van der Waals surface area contributed by atoms with Crippen molar-refractivity contribution in [2.45, 2.75) is 11.4 Å². The molecule has 33 heavy (non-hydrogen) atoms. The molecular weight excluding hydrogens is 440 g/mol. The predicted octanol–water partition coefficient (Wildman–Crippen LogP) is 3.64. The summed E-state index contributed by atoms with van der Waals surface area (Å²) in [5.41, 5.74) is 3.36.